The molecule has 0 unspecified atom stereocenters. The molecule has 1 aliphatic heterocycles. The van der Waals surface area contributed by atoms with Gasteiger partial charge in [0, 0.05) is 31.7 Å². The van der Waals surface area contributed by atoms with Crippen LogP contribution >= 0.6 is 11.6 Å². The second-order valence-corrected chi connectivity index (χ2v) is 8.14. The summed E-state index contributed by atoms with van der Waals surface area (Å²) in [5.41, 5.74) is 3.36. The summed E-state index contributed by atoms with van der Waals surface area (Å²) in [6, 6.07) is 7.63. The van der Waals surface area contributed by atoms with Gasteiger partial charge >= 0.3 is 0 Å². The van der Waals surface area contributed by atoms with E-state index in [2.05, 4.69) is 23.8 Å². The normalized spacial score (nSPS) is 15.6. The van der Waals surface area contributed by atoms with E-state index in [-0.39, 0.29) is 5.91 Å². The first-order chi connectivity index (χ1) is 12.9. The summed E-state index contributed by atoms with van der Waals surface area (Å²) >= 11 is 6.23. The highest BCUT2D eigenvalue weighted by Crippen LogP contribution is 2.22. The molecule has 27 heavy (non-hydrogen) atoms. The highest BCUT2D eigenvalue weighted by molar-refractivity contribution is 6.31. The lowest BCUT2D eigenvalue weighted by Crippen LogP contribution is -2.49. The van der Waals surface area contributed by atoms with Gasteiger partial charge in [0.05, 0.1) is 22.1 Å². The fraction of sp³-hybridized carbons (Fsp3) is 0.524. The lowest BCUT2D eigenvalue weighted by atomic mass is 10.1. The molecule has 146 valence electrons. The third kappa shape index (κ3) is 4.53. The average molecular weight is 389 g/mol. The van der Waals surface area contributed by atoms with Gasteiger partial charge in [-0.3, -0.25) is 9.69 Å². The molecule has 1 aromatic carbocycles. The Labute approximate surface area is 166 Å². The Kier molecular flexibility index (Phi) is 6.22. The van der Waals surface area contributed by atoms with Crippen LogP contribution < -0.4 is 0 Å². The van der Waals surface area contributed by atoms with Crippen LogP contribution in [0.25, 0.3) is 5.69 Å². The van der Waals surface area contributed by atoms with Crippen LogP contribution in [0.4, 0.5) is 0 Å². The van der Waals surface area contributed by atoms with Gasteiger partial charge in [0.15, 0.2) is 0 Å². The molecule has 0 bridgehead atoms. The molecule has 1 saturated heterocycles. The monoisotopic (exact) mass is 388 g/mol. The SMILES string of the molecule is Cc1nn(-c2ccc(C(=O)N3CCN(CCC(C)C)CC3)cc2)c(C)c1Cl. The topological polar surface area (TPSA) is 41.4 Å². The minimum Gasteiger partial charge on any atom is -0.336 e. The zero-order chi connectivity index (χ0) is 19.6. The van der Waals surface area contributed by atoms with Gasteiger partial charge in [-0.2, -0.15) is 5.10 Å². The molecule has 1 amide bonds. The molecule has 2 heterocycles. The minimum absolute atomic E-state index is 0.108. The van der Waals surface area contributed by atoms with Crippen molar-refractivity contribution in [2.45, 2.75) is 34.1 Å². The minimum atomic E-state index is 0.108. The number of rotatable bonds is 5. The van der Waals surface area contributed by atoms with E-state index in [1.54, 1.807) is 0 Å². The maximum absolute atomic E-state index is 12.8. The smallest absolute Gasteiger partial charge is 0.253 e. The fourth-order valence-electron chi connectivity index (χ4n) is 3.42. The largest absolute Gasteiger partial charge is 0.336 e. The summed E-state index contributed by atoms with van der Waals surface area (Å²) in [6.07, 6.45) is 1.21. The second kappa shape index (κ2) is 8.44. The molecule has 0 atom stereocenters. The van der Waals surface area contributed by atoms with Gasteiger partial charge in [0.1, 0.15) is 0 Å². The van der Waals surface area contributed by atoms with Crippen LogP contribution in [0.2, 0.25) is 5.02 Å². The maximum Gasteiger partial charge on any atom is 0.253 e. The molecule has 0 saturated carbocycles. The number of nitrogens with zero attached hydrogens (tertiary/aromatic N) is 4. The highest BCUT2D eigenvalue weighted by atomic mass is 35.5. The molecule has 0 spiro atoms. The number of hydrogen-bond donors (Lipinski definition) is 0. The van der Waals surface area contributed by atoms with Crippen LogP contribution in [0.15, 0.2) is 24.3 Å². The van der Waals surface area contributed by atoms with E-state index < -0.39 is 0 Å². The zero-order valence-electron chi connectivity index (χ0n) is 16.7. The van der Waals surface area contributed by atoms with Crippen molar-refractivity contribution in [3.8, 4) is 5.69 Å². The number of piperazine rings is 1. The van der Waals surface area contributed by atoms with Gasteiger partial charge in [-0.25, -0.2) is 4.68 Å². The summed E-state index contributed by atoms with van der Waals surface area (Å²) in [6.45, 7) is 13.0. The number of hydrogen-bond acceptors (Lipinski definition) is 3. The van der Waals surface area contributed by atoms with Crippen LogP contribution in [0.3, 0.4) is 0 Å². The summed E-state index contributed by atoms with van der Waals surface area (Å²) in [7, 11) is 0. The molecule has 2 aromatic rings. The van der Waals surface area contributed by atoms with Gasteiger partial charge < -0.3 is 4.90 Å². The van der Waals surface area contributed by atoms with E-state index in [0.29, 0.717) is 5.02 Å². The molecule has 1 aliphatic rings. The van der Waals surface area contributed by atoms with Gasteiger partial charge in [0.2, 0.25) is 0 Å². The number of halogens is 1. The average Bonchev–Trinajstić information content (AvgIpc) is 2.93. The van der Waals surface area contributed by atoms with E-state index in [9.17, 15) is 4.79 Å². The van der Waals surface area contributed by atoms with Crippen molar-refractivity contribution in [3.63, 3.8) is 0 Å². The second-order valence-electron chi connectivity index (χ2n) is 7.76. The van der Waals surface area contributed by atoms with Crippen molar-refractivity contribution >= 4 is 17.5 Å². The highest BCUT2D eigenvalue weighted by Gasteiger charge is 2.22. The Hall–Kier alpha value is -1.85. The molecule has 0 radical (unpaired) electrons. The molecule has 0 N–H and O–H groups in total. The van der Waals surface area contributed by atoms with Crippen molar-refractivity contribution in [1.29, 1.82) is 0 Å². The molecule has 1 aromatic heterocycles. The first-order valence-electron chi connectivity index (χ1n) is 9.70. The molecule has 3 rings (SSSR count). The van der Waals surface area contributed by atoms with Gasteiger partial charge in [-0.05, 0) is 57.0 Å². The quantitative estimate of drug-likeness (QED) is 0.778. The van der Waals surface area contributed by atoms with Crippen LogP contribution in [0.5, 0.6) is 0 Å². The molecule has 0 aliphatic carbocycles. The van der Waals surface area contributed by atoms with Crippen molar-refractivity contribution in [2.75, 3.05) is 32.7 Å². The summed E-state index contributed by atoms with van der Waals surface area (Å²) < 4.78 is 1.82. The number of benzene rings is 1. The Bertz CT molecular complexity index is 789. The molecule has 1 fully saturated rings. The van der Waals surface area contributed by atoms with E-state index in [1.165, 1.54) is 6.42 Å². The van der Waals surface area contributed by atoms with Gasteiger partial charge in [0.25, 0.3) is 5.91 Å². The maximum atomic E-state index is 12.8. The van der Waals surface area contributed by atoms with Gasteiger partial charge in [-0.1, -0.05) is 25.4 Å². The Balaban J connectivity index is 1.62. The number of aromatic nitrogens is 2. The van der Waals surface area contributed by atoms with Crippen molar-refractivity contribution in [1.82, 2.24) is 19.6 Å². The van der Waals surface area contributed by atoms with Crippen molar-refractivity contribution in [3.05, 3.63) is 46.2 Å². The van der Waals surface area contributed by atoms with Crippen LogP contribution in [-0.2, 0) is 0 Å². The van der Waals surface area contributed by atoms with E-state index in [1.807, 2.05) is 47.7 Å². The summed E-state index contributed by atoms with van der Waals surface area (Å²) in [4.78, 5) is 17.2. The van der Waals surface area contributed by atoms with Crippen LogP contribution in [0, 0.1) is 19.8 Å². The Morgan fingerprint density at radius 2 is 1.74 bits per heavy atom. The zero-order valence-corrected chi connectivity index (χ0v) is 17.5. The lowest BCUT2D eigenvalue weighted by molar-refractivity contribution is 0.0632. The van der Waals surface area contributed by atoms with Crippen molar-refractivity contribution < 1.29 is 4.79 Å². The van der Waals surface area contributed by atoms with E-state index >= 15 is 0 Å². The summed E-state index contributed by atoms with van der Waals surface area (Å²) in [5.74, 6) is 0.830. The van der Waals surface area contributed by atoms with E-state index in [0.717, 1.165) is 61.3 Å². The summed E-state index contributed by atoms with van der Waals surface area (Å²) in [5, 5.41) is 5.15. The standard InChI is InChI=1S/C21H29ClN4O/c1-15(2)9-10-24-11-13-25(14-12-24)21(27)18-5-7-19(8-6-18)26-17(4)20(22)16(3)23-26/h5-8,15H,9-14H2,1-4H3. The third-order valence-electron chi connectivity index (χ3n) is 5.24. The van der Waals surface area contributed by atoms with Crippen LogP contribution in [-0.4, -0.2) is 58.2 Å². The number of amides is 1. The first-order valence-corrected chi connectivity index (χ1v) is 10.1. The molecule has 6 heteroatoms. The Morgan fingerprint density at radius 1 is 1.11 bits per heavy atom. The molecule has 5 nitrogen and oxygen atoms in total. The Morgan fingerprint density at radius 3 is 2.26 bits per heavy atom. The first kappa shape index (κ1) is 19.9. The predicted molar refractivity (Wildman–Crippen MR) is 110 cm³/mol. The molecular weight excluding hydrogens is 360 g/mol. The van der Waals surface area contributed by atoms with Gasteiger partial charge in [-0.15, -0.1) is 0 Å². The third-order valence-corrected chi connectivity index (χ3v) is 5.79. The van der Waals surface area contributed by atoms with E-state index in [4.69, 9.17) is 11.6 Å². The van der Waals surface area contributed by atoms with Crippen molar-refractivity contribution in [2.24, 2.45) is 5.92 Å². The number of carbonyl (C=O) groups excluding carboxylic acids is 1. The fourth-order valence-corrected chi connectivity index (χ4v) is 3.54. The predicted octanol–water partition coefficient (Wildman–Crippen LogP) is 3.95. The molecular formula is C21H29ClN4O. The lowest BCUT2D eigenvalue weighted by Gasteiger charge is -2.35. The van der Waals surface area contributed by atoms with Crippen LogP contribution in [0.1, 0.15) is 42.0 Å². The number of carbonyl (C=O) groups is 1. The number of aryl methyl sites for hydroxylation is 1.